The van der Waals surface area contributed by atoms with Gasteiger partial charge >= 0.3 is 6.18 Å². The number of ether oxygens (including phenoxy) is 2. The summed E-state index contributed by atoms with van der Waals surface area (Å²) in [5.41, 5.74) is -0.427. The minimum absolute atomic E-state index is 0.116. The van der Waals surface area contributed by atoms with Crippen LogP contribution in [0.2, 0.25) is 0 Å². The van der Waals surface area contributed by atoms with Crippen LogP contribution in [-0.4, -0.2) is 35.0 Å². The highest BCUT2D eigenvalue weighted by molar-refractivity contribution is 5.97. The van der Waals surface area contributed by atoms with Crippen LogP contribution in [0.15, 0.2) is 72.9 Å². The number of rotatable bonds is 5. The molecule has 8 heteroatoms. The second-order valence-corrected chi connectivity index (χ2v) is 6.74. The minimum atomic E-state index is -4.47. The lowest BCUT2D eigenvalue weighted by molar-refractivity contribution is -0.137. The molecule has 0 bridgehead atoms. The van der Waals surface area contributed by atoms with Gasteiger partial charge in [-0.25, -0.2) is 4.98 Å². The van der Waals surface area contributed by atoms with E-state index in [9.17, 15) is 18.0 Å². The van der Waals surface area contributed by atoms with E-state index in [1.165, 1.54) is 0 Å². The number of carbonyl (C=O) groups is 1. The van der Waals surface area contributed by atoms with Gasteiger partial charge in [-0.1, -0.05) is 30.3 Å². The molecule has 0 spiro atoms. The molecule has 1 amide bonds. The van der Waals surface area contributed by atoms with E-state index >= 15 is 0 Å². The molecule has 1 aliphatic heterocycles. The monoisotopic (exact) mass is 414 g/mol. The number of aromatic nitrogens is 1. The third-order valence-corrected chi connectivity index (χ3v) is 4.57. The predicted octanol–water partition coefficient (Wildman–Crippen LogP) is 4.80. The topological polar surface area (TPSA) is 51.7 Å². The average molecular weight is 414 g/mol. The molecule has 1 fully saturated rings. The molecule has 1 saturated heterocycles. The number of carbonyl (C=O) groups excluding carboxylic acids is 1. The fourth-order valence-corrected chi connectivity index (χ4v) is 3.02. The van der Waals surface area contributed by atoms with Crippen molar-refractivity contribution < 1.29 is 27.4 Å². The number of alkyl halides is 3. The summed E-state index contributed by atoms with van der Waals surface area (Å²) in [4.78, 5) is 18.2. The Morgan fingerprint density at radius 2 is 1.70 bits per heavy atom. The Morgan fingerprint density at radius 3 is 2.43 bits per heavy atom. The number of nitrogens with zero attached hydrogens (tertiary/aromatic N) is 2. The number of hydrogen-bond donors (Lipinski definition) is 0. The first-order chi connectivity index (χ1) is 14.4. The SMILES string of the molecule is O=C(c1ccccc1Oc1ccccc1)N1CC(Oc2cc(C(F)(F)F)ccn2)C1. The van der Waals surface area contributed by atoms with E-state index in [2.05, 4.69) is 4.98 Å². The van der Waals surface area contributed by atoms with Crippen LogP contribution >= 0.6 is 0 Å². The normalized spacial score (nSPS) is 14.2. The molecule has 0 N–H and O–H groups in total. The Labute approximate surface area is 170 Å². The first-order valence-corrected chi connectivity index (χ1v) is 9.21. The average Bonchev–Trinajstić information content (AvgIpc) is 2.71. The third kappa shape index (κ3) is 4.37. The maximum Gasteiger partial charge on any atom is 0.416 e. The zero-order valence-corrected chi connectivity index (χ0v) is 15.7. The minimum Gasteiger partial charge on any atom is -0.471 e. The van der Waals surface area contributed by atoms with Gasteiger partial charge in [-0.3, -0.25) is 4.79 Å². The number of benzene rings is 2. The fraction of sp³-hybridized carbons (Fsp3) is 0.182. The molecule has 0 aliphatic carbocycles. The zero-order valence-electron chi connectivity index (χ0n) is 15.7. The summed E-state index contributed by atoms with van der Waals surface area (Å²) in [5, 5.41) is 0. The highest BCUT2D eigenvalue weighted by Gasteiger charge is 2.35. The summed E-state index contributed by atoms with van der Waals surface area (Å²) in [5.74, 6) is 0.684. The van der Waals surface area contributed by atoms with E-state index in [0.717, 1.165) is 18.3 Å². The number of hydrogen-bond acceptors (Lipinski definition) is 4. The molecule has 30 heavy (non-hydrogen) atoms. The molecule has 154 valence electrons. The van der Waals surface area contributed by atoms with Gasteiger partial charge in [0.1, 0.15) is 17.6 Å². The quantitative estimate of drug-likeness (QED) is 0.602. The van der Waals surface area contributed by atoms with Crippen molar-refractivity contribution in [3.63, 3.8) is 0 Å². The van der Waals surface area contributed by atoms with Gasteiger partial charge in [0, 0.05) is 12.3 Å². The van der Waals surface area contributed by atoms with E-state index in [1.807, 2.05) is 18.2 Å². The third-order valence-electron chi connectivity index (χ3n) is 4.57. The summed E-state index contributed by atoms with van der Waals surface area (Å²) in [6, 6.07) is 17.7. The largest absolute Gasteiger partial charge is 0.471 e. The predicted molar refractivity (Wildman–Crippen MR) is 103 cm³/mol. The van der Waals surface area contributed by atoms with Crippen molar-refractivity contribution in [3.8, 4) is 17.4 Å². The molecule has 2 heterocycles. The Hall–Kier alpha value is -3.55. The van der Waals surface area contributed by atoms with Crippen LogP contribution in [0.25, 0.3) is 0 Å². The number of pyridine rings is 1. The Bertz CT molecular complexity index is 1040. The molecule has 0 unspecified atom stereocenters. The lowest BCUT2D eigenvalue weighted by Crippen LogP contribution is -2.56. The second kappa shape index (κ2) is 8.06. The van der Waals surface area contributed by atoms with Crippen LogP contribution < -0.4 is 9.47 Å². The molecule has 2 aromatic carbocycles. The van der Waals surface area contributed by atoms with Gasteiger partial charge in [0.2, 0.25) is 5.88 Å². The van der Waals surface area contributed by atoms with E-state index in [1.54, 1.807) is 41.3 Å². The van der Waals surface area contributed by atoms with Crippen LogP contribution in [0, 0.1) is 0 Å². The first-order valence-electron chi connectivity index (χ1n) is 9.21. The number of likely N-dealkylation sites (tertiary alicyclic amines) is 1. The molecule has 3 aromatic rings. The van der Waals surface area contributed by atoms with E-state index < -0.39 is 17.8 Å². The van der Waals surface area contributed by atoms with Gasteiger partial charge in [0.25, 0.3) is 5.91 Å². The van der Waals surface area contributed by atoms with Crippen LogP contribution in [0.5, 0.6) is 17.4 Å². The molecule has 0 saturated carbocycles. The molecule has 0 atom stereocenters. The standard InChI is InChI=1S/C22H17F3N2O3/c23-22(24,25)15-10-11-26-20(12-15)30-17-13-27(14-17)21(28)18-8-4-5-9-19(18)29-16-6-2-1-3-7-16/h1-12,17H,13-14H2. The maximum atomic E-state index is 12.8. The molecule has 1 aromatic heterocycles. The molecule has 4 rings (SSSR count). The smallest absolute Gasteiger partial charge is 0.416 e. The van der Waals surface area contributed by atoms with Crippen LogP contribution in [0.1, 0.15) is 15.9 Å². The van der Waals surface area contributed by atoms with Gasteiger partial charge in [0.15, 0.2) is 0 Å². The van der Waals surface area contributed by atoms with Crippen molar-refractivity contribution in [3.05, 3.63) is 84.1 Å². The molecule has 1 aliphatic rings. The summed E-state index contributed by atoms with van der Waals surface area (Å²) in [6.07, 6.45) is -3.84. The number of amides is 1. The van der Waals surface area contributed by atoms with E-state index in [-0.39, 0.29) is 24.9 Å². The van der Waals surface area contributed by atoms with Crippen molar-refractivity contribution in [1.29, 1.82) is 0 Å². The van der Waals surface area contributed by atoms with Crippen molar-refractivity contribution in [1.82, 2.24) is 9.88 Å². The molecular weight excluding hydrogens is 397 g/mol. The van der Waals surface area contributed by atoms with Gasteiger partial charge in [0.05, 0.1) is 24.2 Å². The molecular formula is C22H17F3N2O3. The Balaban J connectivity index is 1.39. The second-order valence-electron chi connectivity index (χ2n) is 6.74. The highest BCUT2D eigenvalue weighted by Crippen LogP contribution is 2.31. The number of para-hydroxylation sites is 2. The Kier molecular flexibility index (Phi) is 5.31. The van der Waals surface area contributed by atoms with E-state index in [4.69, 9.17) is 9.47 Å². The van der Waals surface area contributed by atoms with Crippen molar-refractivity contribution in [2.75, 3.05) is 13.1 Å². The summed E-state index contributed by atoms with van der Waals surface area (Å²) < 4.78 is 49.7. The van der Waals surface area contributed by atoms with Gasteiger partial charge in [-0.05, 0) is 30.3 Å². The lowest BCUT2D eigenvalue weighted by atomic mass is 10.1. The molecule has 0 radical (unpaired) electrons. The van der Waals surface area contributed by atoms with Gasteiger partial charge < -0.3 is 14.4 Å². The maximum absolute atomic E-state index is 12.8. The number of halogens is 3. The van der Waals surface area contributed by atoms with Crippen molar-refractivity contribution in [2.45, 2.75) is 12.3 Å². The Morgan fingerprint density at radius 1 is 1.00 bits per heavy atom. The first kappa shape index (κ1) is 19.8. The summed E-state index contributed by atoms with van der Waals surface area (Å²) in [7, 11) is 0. The van der Waals surface area contributed by atoms with Crippen LogP contribution in [-0.2, 0) is 6.18 Å². The summed E-state index contributed by atoms with van der Waals surface area (Å²) in [6.45, 7) is 0.493. The molecule has 5 nitrogen and oxygen atoms in total. The van der Waals surface area contributed by atoms with Gasteiger partial charge in [-0.15, -0.1) is 0 Å². The van der Waals surface area contributed by atoms with Crippen molar-refractivity contribution >= 4 is 5.91 Å². The van der Waals surface area contributed by atoms with Crippen LogP contribution in [0.4, 0.5) is 13.2 Å². The van der Waals surface area contributed by atoms with Crippen LogP contribution in [0.3, 0.4) is 0 Å². The summed E-state index contributed by atoms with van der Waals surface area (Å²) >= 11 is 0. The lowest BCUT2D eigenvalue weighted by Gasteiger charge is -2.38. The van der Waals surface area contributed by atoms with Gasteiger partial charge in [-0.2, -0.15) is 13.2 Å². The highest BCUT2D eigenvalue weighted by atomic mass is 19.4. The van der Waals surface area contributed by atoms with Crippen molar-refractivity contribution in [2.24, 2.45) is 0 Å². The van der Waals surface area contributed by atoms with E-state index in [0.29, 0.717) is 17.1 Å². The fourth-order valence-electron chi connectivity index (χ4n) is 3.02. The zero-order chi connectivity index (χ0) is 21.1.